The van der Waals surface area contributed by atoms with Gasteiger partial charge in [0.05, 0.1) is 11.3 Å². The van der Waals surface area contributed by atoms with Crippen LogP contribution in [-0.4, -0.2) is 39.7 Å². The Morgan fingerprint density at radius 3 is 2.57 bits per heavy atom. The fraction of sp³-hybridized carbons (Fsp3) is 0.250. The maximum absolute atomic E-state index is 12.7. The molecule has 156 valence electrons. The number of anilines is 2. The molecule has 7 nitrogen and oxygen atoms in total. The number of nitrogens with zero attached hydrogens (tertiary/aromatic N) is 3. The van der Waals surface area contributed by atoms with Gasteiger partial charge in [-0.3, -0.25) is 9.89 Å². The van der Waals surface area contributed by atoms with Crippen molar-refractivity contribution in [3.05, 3.63) is 54.4 Å². The molecule has 2 N–H and O–H groups in total. The molecule has 1 fully saturated rings. The van der Waals surface area contributed by atoms with Crippen LogP contribution >= 0.6 is 11.6 Å². The van der Waals surface area contributed by atoms with E-state index in [1.54, 1.807) is 12.3 Å². The van der Waals surface area contributed by atoms with Gasteiger partial charge in [0.25, 0.3) is 5.91 Å². The average molecular weight is 434 g/mol. The van der Waals surface area contributed by atoms with Crippen molar-refractivity contribution in [2.75, 3.05) is 23.3 Å². The van der Waals surface area contributed by atoms with Gasteiger partial charge in [-0.2, -0.15) is 5.10 Å². The second-order valence-corrected chi connectivity index (χ2v) is 7.22. The van der Waals surface area contributed by atoms with E-state index in [4.69, 9.17) is 11.6 Å². The molecule has 4 rings (SSSR count). The number of amides is 1. The van der Waals surface area contributed by atoms with Crippen LogP contribution in [0.15, 0.2) is 48.8 Å². The number of aromatic nitrogens is 3. The predicted molar refractivity (Wildman–Crippen MR) is 109 cm³/mol. The lowest BCUT2D eigenvalue weighted by Gasteiger charge is -2.20. The van der Waals surface area contributed by atoms with Gasteiger partial charge in [0.2, 0.25) is 0 Å². The normalized spacial score (nSPS) is 14.0. The van der Waals surface area contributed by atoms with Crippen molar-refractivity contribution >= 4 is 29.0 Å². The predicted octanol–water partition coefficient (Wildman–Crippen LogP) is 4.49. The number of rotatable bonds is 6. The summed E-state index contributed by atoms with van der Waals surface area (Å²) in [5.74, 6) is 0.286. The number of benzene rings is 1. The highest BCUT2D eigenvalue weighted by Crippen LogP contribution is 2.31. The van der Waals surface area contributed by atoms with Crippen molar-refractivity contribution in [1.82, 2.24) is 15.2 Å². The summed E-state index contributed by atoms with van der Waals surface area (Å²) in [6.45, 7) is 1.82. The number of aromatic amines is 1. The Morgan fingerprint density at radius 1 is 1.20 bits per heavy atom. The SMILES string of the molecule is O=C(Nc1ccc(OC(F)(F)Cl)cc1)c1cnc(N2CCCC2)c(-c2cc[nH]n2)c1. The fourth-order valence-corrected chi connectivity index (χ4v) is 3.39. The zero-order valence-electron chi connectivity index (χ0n) is 15.7. The minimum absolute atomic E-state index is 0.120. The van der Waals surface area contributed by atoms with E-state index < -0.39 is 5.57 Å². The van der Waals surface area contributed by atoms with Crippen LogP contribution in [0.25, 0.3) is 11.3 Å². The smallest absolute Gasteiger partial charge is 0.420 e. The summed E-state index contributed by atoms with van der Waals surface area (Å²) in [5, 5.41) is 9.73. The molecule has 30 heavy (non-hydrogen) atoms. The Hall–Kier alpha value is -3.20. The van der Waals surface area contributed by atoms with Crippen LogP contribution in [0, 0.1) is 0 Å². The van der Waals surface area contributed by atoms with Crippen LogP contribution in [-0.2, 0) is 0 Å². The van der Waals surface area contributed by atoms with Crippen molar-refractivity contribution in [3.63, 3.8) is 0 Å². The van der Waals surface area contributed by atoms with Crippen LogP contribution in [0.1, 0.15) is 23.2 Å². The second kappa shape index (κ2) is 8.27. The Morgan fingerprint density at radius 2 is 1.93 bits per heavy atom. The molecule has 0 bridgehead atoms. The topological polar surface area (TPSA) is 83.1 Å². The molecule has 3 aromatic rings. The van der Waals surface area contributed by atoms with Gasteiger partial charge in [-0.25, -0.2) is 4.98 Å². The lowest BCUT2D eigenvalue weighted by atomic mass is 10.1. The Kier molecular flexibility index (Phi) is 5.54. The number of ether oxygens (including phenoxy) is 1. The molecule has 2 aromatic heterocycles. The first kappa shape index (κ1) is 20.1. The molecular weight excluding hydrogens is 416 g/mol. The van der Waals surface area contributed by atoms with Crippen LogP contribution < -0.4 is 15.0 Å². The standard InChI is InChI=1S/C20H18ClF2N5O2/c21-20(22,23)30-15-5-3-14(4-6-15)26-19(29)13-11-16(17-7-8-25-27-17)18(24-12-13)28-9-1-2-10-28/h3-8,11-12H,1-2,9-10H2,(H,25,27)(H,26,29). The van der Waals surface area contributed by atoms with Gasteiger partial charge in [0.1, 0.15) is 11.6 Å². The molecule has 10 heteroatoms. The minimum atomic E-state index is -3.80. The fourth-order valence-electron chi connectivity index (χ4n) is 3.30. The molecule has 0 spiro atoms. The van der Waals surface area contributed by atoms with Crippen molar-refractivity contribution < 1.29 is 18.3 Å². The molecule has 1 aliphatic rings. The maximum Gasteiger partial charge on any atom is 0.487 e. The molecular formula is C20H18ClF2N5O2. The van der Waals surface area contributed by atoms with E-state index in [-0.39, 0.29) is 11.7 Å². The van der Waals surface area contributed by atoms with Crippen LogP contribution in [0.4, 0.5) is 20.3 Å². The number of hydrogen-bond donors (Lipinski definition) is 2. The van der Waals surface area contributed by atoms with E-state index >= 15 is 0 Å². The van der Waals surface area contributed by atoms with Crippen molar-refractivity contribution in [2.24, 2.45) is 0 Å². The van der Waals surface area contributed by atoms with Crippen molar-refractivity contribution in [1.29, 1.82) is 0 Å². The molecule has 0 atom stereocenters. The van der Waals surface area contributed by atoms with E-state index in [0.29, 0.717) is 16.9 Å². The zero-order valence-corrected chi connectivity index (χ0v) is 16.5. The quantitative estimate of drug-likeness (QED) is 0.559. The summed E-state index contributed by atoms with van der Waals surface area (Å²) in [7, 11) is 0. The van der Waals surface area contributed by atoms with Gasteiger partial charge in [-0.05, 0) is 49.2 Å². The molecule has 1 aromatic carbocycles. The van der Waals surface area contributed by atoms with Gasteiger partial charge in [-0.1, -0.05) is 0 Å². The summed E-state index contributed by atoms with van der Waals surface area (Å²) < 4.78 is 29.6. The first-order valence-corrected chi connectivity index (χ1v) is 9.69. The third-order valence-electron chi connectivity index (χ3n) is 4.66. The van der Waals surface area contributed by atoms with Gasteiger partial charge in [0.15, 0.2) is 0 Å². The lowest BCUT2D eigenvalue weighted by Crippen LogP contribution is -2.21. The minimum Gasteiger partial charge on any atom is -0.420 e. The van der Waals surface area contributed by atoms with Gasteiger partial charge >= 0.3 is 5.57 Å². The zero-order chi connectivity index (χ0) is 21.1. The molecule has 3 heterocycles. The third-order valence-corrected chi connectivity index (χ3v) is 4.73. The van der Waals surface area contributed by atoms with Gasteiger partial charge < -0.3 is 15.0 Å². The number of hydrogen-bond acceptors (Lipinski definition) is 5. The number of alkyl halides is 3. The van der Waals surface area contributed by atoms with E-state index in [9.17, 15) is 13.6 Å². The first-order chi connectivity index (χ1) is 14.4. The van der Waals surface area contributed by atoms with Gasteiger partial charge in [-0.15, -0.1) is 8.78 Å². The summed E-state index contributed by atoms with van der Waals surface area (Å²) in [5.41, 5.74) is -1.57. The summed E-state index contributed by atoms with van der Waals surface area (Å²) >= 11 is 4.75. The number of nitrogens with one attached hydrogen (secondary N) is 2. The van der Waals surface area contributed by atoms with Crippen molar-refractivity contribution in [3.8, 4) is 17.0 Å². The van der Waals surface area contributed by atoms with Crippen LogP contribution in [0.3, 0.4) is 0 Å². The number of carbonyl (C=O) groups is 1. The monoisotopic (exact) mass is 433 g/mol. The largest absolute Gasteiger partial charge is 0.487 e. The molecule has 0 unspecified atom stereocenters. The number of halogens is 3. The number of H-pyrrole nitrogens is 1. The molecule has 1 saturated heterocycles. The Balaban J connectivity index is 1.55. The maximum atomic E-state index is 12.7. The number of carbonyl (C=O) groups excluding carboxylic acids is 1. The summed E-state index contributed by atoms with van der Waals surface area (Å²) in [6.07, 6.45) is 5.42. The van der Waals surface area contributed by atoms with E-state index in [1.165, 1.54) is 30.5 Å². The first-order valence-electron chi connectivity index (χ1n) is 9.31. The molecule has 0 radical (unpaired) electrons. The highest BCUT2D eigenvalue weighted by molar-refractivity contribution is 6.20. The van der Waals surface area contributed by atoms with Crippen molar-refractivity contribution in [2.45, 2.75) is 18.4 Å². The van der Waals surface area contributed by atoms with E-state index in [2.05, 4.69) is 30.1 Å². The Labute approximate surface area is 176 Å². The average Bonchev–Trinajstić information content (AvgIpc) is 3.42. The molecule has 1 amide bonds. The highest BCUT2D eigenvalue weighted by Gasteiger charge is 2.27. The van der Waals surface area contributed by atoms with Crippen LogP contribution in [0.5, 0.6) is 5.75 Å². The second-order valence-electron chi connectivity index (χ2n) is 6.78. The summed E-state index contributed by atoms with van der Waals surface area (Å²) in [6, 6.07) is 9.03. The van der Waals surface area contributed by atoms with E-state index in [1.807, 2.05) is 6.07 Å². The number of pyridine rings is 1. The third kappa shape index (κ3) is 4.68. The lowest BCUT2D eigenvalue weighted by molar-refractivity contribution is -0.0964. The van der Waals surface area contributed by atoms with Gasteiger partial charge in [0, 0.05) is 48.3 Å². The molecule has 0 saturated carbocycles. The van der Waals surface area contributed by atoms with Crippen LogP contribution in [0.2, 0.25) is 0 Å². The summed E-state index contributed by atoms with van der Waals surface area (Å²) in [4.78, 5) is 19.4. The van der Waals surface area contributed by atoms with E-state index in [0.717, 1.165) is 37.3 Å². The molecule has 0 aliphatic carbocycles. The highest BCUT2D eigenvalue weighted by atomic mass is 35.5. The Bertz CT molecular complexity index is 1020. The molecule has 1 aliphatic heterocycles.